The van der Waals surface area contributed by atoms with Crippen LogP contribution in [0.1, 0.15) is 32.3 Å². The standard InChI is InChI=1S/C32H31F3N8O4S/c1-19(2)25-6-4-5-7-26(25)42-27(45)18-48-31(42)40-30(46)38-22-10-8-21(9-11-22)28-39-29(37-17-16-36-20(3)44)43(41-28)23-12-14-24(15-13-23)47-32(33,34)35/h4-15,19H,16-18H2,1-3H3,(H,36,44)(H,38,46)(H,37,39,41). The van der Waals surface area contributed by atoms with Gasteiger partial charge in [-0.05, 0) is 66.1 Å². The molecule has 1 saturated heterocycles. The molecular weight excluding hydrogens is 649 g/mol. The van der Waals surface area contributed by atoms with Gasteiger partial charge in [-0.1, -0.05) is 43.8 Å². The monoisotopic (exact) mass is 680 g/mol. The van der Waals surface area contributed by atoms with E-state index in [4.69, 9.17) is 0 Å². The van der Waals surface area contributed by atoms with E-state index in [-0.39, 0.29) is 46.2 Å². The van der Waals surface area contributed by atoms with E-state index in [1.165, 1.54) is 40.4 Å². The number of carbonyl (C=O) groups is 3. The number of thioether (sulfide) groups is 1. The smallest absolute Gasteiger partial charge is 0.406 e. The number of alkyl halides is 3. The number of aliphatic imine (C=N–C) groups is 1. The Balaban J connectivity index is 1.33. The Bertz CT molecular complexity index is 1830. The first-order valence-electron chi connectivity index (χ1n) is 14.7. The summed E-state index contributed by atoms with van der Waals surface area (Å²) in [5.74, 6) is 0.130. The van der Waals surface area contributed by atoms with Crippen LogP contribution in [0.25, 0.3) is 17.1 Å². The third-order valence-corrected chi connectivity index (χ3v) is 7.78. The molecule has 0 saturated carbocycles. The highest BCUT2D eigenvalue weighted by atomic mass is 32.2. The highest BCUT2D eigenvalue weighted by molar-refractivity contribution is 8.15. The third kappa shape index (κ3) is 8.50. The Labute approximate surface area is 277 Å². The summed E-state index contributed by atoms with van der Waals surface area (Å²) >= 11 is 1.19. The minimum atomic E-state index is -4.83. The quantitative estimate of drug-likeness (QED) is 0.169. The summed E-state index contributed by atoms with van der Waals surface area (Å²) in [4.78, 5) is 47.1. The van der Waals surface area contributed by atoms with Gasteiger partial charge in [0.1, 0.15) is 5.75 Å². The Morgan fingerprint density at radius 2 is 1.73 bits per heavy atom. The fourth-order valence-electron chi connectivity index (χ4n) is 4.73. The molecule has 1 aliphatic rings. The lowest BCUT2D eigenvalue weighted by atomic mass is 10.0. The van der Waals surface area contributed by atoms with Crippen LogP contribution in [-0.2, 0) is 9.59 Å². The topological polar surface area (TPSA) is 143 Å². The number of carbonyl (C=O) groups excluding carboxylic acids is 3. The zero-order valence-corrected chi connectivity index (χ0v) is 26.9. The second-order valence-electron chi connectivity index (χ2n) is 10.8. The minimum absolute atomic E-state index is 0.156. The summed E-state index contributed by atoms with van der Waals surface area (Å²) in [5, 5.41) is 13.3. The molecule has 3 aromatic carbocycles. The number of urea groups is 1. The second kappa shape index (κ2) is 14.6. The van der Waals surface area contributed by atoms with Crippen molar-refractivity contribution in [2.45, 2.75) is 33.1 Å². The van der Waals surface area contributed by atoms with E-state index in [1.54, 1.807) is 24.3 Å². The normalized spacial score (nSPS) is 14.0. The Hall–Kier alpha value is -5.38. The summed E-state index contributed by atoms with van der Waals surface area (Å²) in [6.07, 6.45) is -4.83. The van der Waals surface area contributed by atoms with Gasteiger partial charge in [-0.25, -0.2) is 4.79 Å². The van der Waals surface area contributed by atoms with E-state index in [0.717, 1.165) is 17.7 Å². The van der Waals surface area contributed by atoms with Crippen molar-refractivity contribution in [3.8, 4) is 22.8 Å². The molecule has 1 aliphatic heterocycles. The van der Waals surface area contributed by atoms with Gasteiger partial charge in [0, 0.05) is 31.3 Å². The van der Waals surface area contributed by atoms with Crippen LogP contribution >= 0.6 is 11.8 Å². The van der Waals surface area contributed by atoms with Crippen molar-refractivity contribution in [2.24, 2.45) is 4.99 Å². The van der Waals surface area contributed by atoms with E-state index in [2.05, 4.69) is 35.8 Å². The molecule has 0 bridgehead atoms. The summed E-state index contributed by atoms with van der Waals surface area (Å²) in [5.41, 5.74) is 3.08. The number of amides is 4. The van der Waals surface area contributed by atoms with Crippen molar-refractivity contribution in [3.63, 3.8) is 0 Å². The van der Waals surface area contributed by atoms with Crippen LogP contribution in [0.5, 0.6) is 5.75 Å². The van der Waals surface area contributed by atoms with Crippen LogP contribution in [0.15, 0.2) is 77.8 Å². The molecule has 4 amide bonds. The van der Waals surface area contributed by atoms with Crippen molar-refractivity contribution in [1.29, 1.82) is 0 Å². The number of nitrogens with zero attached hydrogens (tertiary/aromatic N) is 5. The van der Waals surface area contributed by atoms with Gasteiger partial charge in [-0.3, -0.25) is 14.5 Å². The summed E-state index contributed by atoms with van der Waals surface area (Å²) in [7, 11) is 0. The van der Waals surface area contributed by atoms with Gasteiger partial charge in [0.05, 0.1) is 17.1 Å². The van der Waals surface area contributed by atoms with Crippen LogP contribution < -0.4 is 25.6 Å². The summed E-state index contributed by atoms with van der Waals surface area (Å²) < 4.78 is 43.3. The van der Waals surface area contributed by atoms with Crippen molar-refractivity contribution < 1.29 is 32.3 Å². The highest BCUT2D eigenvalue weighted by Crippen LogP contribution is 2.33. The van der Waals surface area contributed by atoms with Crippen LogP contribution in [0.3, 0.4) is 0 Å². The molecule has 1 fully saturated rings. The summed E-state index contributed by atoms with van der Waals surface area (Å²) in [6, 6.07) is 18.6. The second-order valence-corrected chi connectivity index (χ2v) is 11.7. The predicted molar refractivity (Wildman–Crippen MR) is 178 cm³/mol. The highest BCUT2D eigenvalue weighted by Gasteiger charge is 2.32. The van der Waals surface area contributed by atoms with Gasteiger partial charge in [-0.15, -0.1) is 18.3 Å². The van der Waals surface area contributed by atoms with Crippen LogP contribution in [0, 0.1) is 0 Å². The lowest BCUT2D eigenvalue weighted by Gasteiger charge is -2.21. The maximum Gasteiger partial charge on any atom is 0.573 e. The van der Waals surface area contributed by atoms with Gasteiger partial charge in [0.25, 0.3) is 0 Å². The molecule has 0 radical (unpaired) electrons. The van der Waals surface area contributed by atoms with Gasteiger partial charge in [-0.2, -0.15) is 14.7 Å². The lowest BCUT2D eigenvalue weighted by molar-refractivity contribution is -0.274. The molecule has 12 nitrogen and oxygen atoms in total. The summed E-state index contributed by atoms with van der Waals surface area (Å²) in [6.45, 7) is 6.04. The molecule has 0 unspecified atom stereocenters. The number of amidine groups is 1. The van der Waals surface area contributed by atoms with E-state index in [1.807, 2.05) is 38.1 Å². The average Bonchev–Trinajstić information content (AvgIpc) is 3.62. The predicted octanol–water partition coefficient (Wildman–Crippen LogP) is 6.17. The first-order valence-corrected chi connectivity index (χ1v) is 15.7. The largest absolute Gasteiger partial charge is 0.573 e. The number of rotatable bonds is 10. The molecule has 0 aliphatic carbocycles. The number of benzene rings is 3. The number of nitrogens with one attached hydrogen (secondary N) is 3. The lowest BCUT2D eigenvalue weighted by Crippen LogP contribution is -2.31. The zero-order chi connectivity index (χ0) is 34.4. The number of anilines is 3. The van der Waals surface area contributed by atoms with Gasteiger partial charge in [0.2, 0.25) is 17.8 Å². The van der Waals surface area contributed by atoms with Crippen LogP contribution in [0.2, 0.25) is 0 Å². The first-order chi connectivity index (χ1) is 22.9. The number of aromatic nitrogens is 3. The van der Waals surface area contributed by atoms with E-state index in [0.29, 0.717) is 35.7 Å². The number of halogens is 3. The molecular formula is C32H31F3N8O4S. The fraction of sp³-hybridized carbons (Fsp3) is 0.250. The molecule has 0 spiro atoms. The molecule has 2 heterocycles. The fourth-order valence-corrected chi connectivity index (χ4v) is 5.59. The maximum atomic E-state index is 12.9. The molecule has 3 N–H and O–H groups in total. The van der Waals surface area contributed by atoms with Crippen molar-refractivity contribution in [3.05, 3.63) is 78.4 Å². The molecule has 5 rings (SSSR count). The molecule has 16 heteroatoms. The first kappa shape index (κ1) is 34.0. The number of para-hydroxylation sites is 1. The molecule has 48 heavy (non-hydrogen) atoms. The third-order valence-electron chi connectivity index (χ3n) is 6.86. The molecule has 0 atom stereocenters. The van der Waals surface area contributed by atoms with E-state index >= 15 is 0 Å². The number of ether oxygens (including phenoxy) is 1. The van der Waals surface area contributed by atoms with Crippen molar-refractivity contribution >= 4 is 52.1 Å². The minimum Gasteiger partial charge on any atom is -0.406 e. The Morgan fingerprint density at radius 3 is 2.40 bits per heavy atom. The zero-order valence-electron chi connectivity index (χ0n) is 26.0. The van der Waals surface area contributed by atoms with Crippen molar-refractivity contribution in [2.75, 3.05) is 34.4 Å². The maximum absolute atomic E-state index is 12.9. The van der Waals surface area contributed by atoms with E-state index in [9.17, 15) is 27.6 Å². The SMILES string of the molecule is CC(=O)NCCNc1nc(-c2ccc(NC(=O)N=C3SCC(=O)N3c3ccccc3C(C)C)cc2)nn1-c1ccc(OC(F)(F)F)cc1. The molecule has 1 aromatic heterocycles. The van der Waals surface area contributed by atoms with Gasteiger partial charge in [0.15, 0.2) is 11.0 Å². The van der Waals surface area contributed by atoms with E-state index < -0.39 is 12.4 Å². The van der Waals surface area contributed by atoms with Crippen molar-refractivity contribution in [1.82, 2.24) is 20.1 Å². The van der Waals surface area contributed by atoms with Gasteiger partial charge >= 0.3 is 12.4 Å². The average molecular weight is 681 g/mol. The molecule has 4 aromatic rings. The Morgan fingerprint density at radius 1 is 1.02 bits per heavy atom. The number of hydrogen-bond donors (Lipinski definition) is 3. The van der Waals surface area contributed by atoms with Gasteiger partial charge < -0.3 is 20.7 Å². The number of hydrogen-bond acceptors (Lipinski definition) is 8. The van der Waals surface area contributed by atoms with Crippen LogP contribution in [0.4, 0.5) is 35.3 Å². The van der Waals surface area contributed by atoms with Crippen LogP contribution in [-0.4, -0.2) is 63.0 Å². The molecule has 250 valence electrons. The Kier molecular flexibility index (Phi) is 10.3.